The average Bonchev–Trinajstić information content (AvgIpc) is 1.61. The lowest BCUT2D eigenvalue weighted by Gasteiger charge is -2.15. The molecule has 44 valence electrons. The van der Waals surface area contributed by atoms with Gasteiger partial charge in [0.25, 0.3) is 0 Å². The van der Waals surface area contributed by atoms with Gasteiger partial charge in [0.2, 0.25) is 0 Å². The molecule has 0 spiro atoms. The van der Waals surface area contributed by atoms with Crippen molar-refractivity contribution in [1.82, 2.24) is 4.90 Å². The third kappa shape index (κ3) is 5.92. The van der Waals surface area contributed by atoms with Crippen molar-refractivity contribution in [3.63, 3.8) is 0 Å². The fourth-order valence-corrected chi connectivity index (χ4v) is 0.247. The molecule has 0 aromatic heterocycles. The van der Waals surface area contributed by atoms with Crippen LogP contribution in [0.25, 0.3) is 0 Å². The number of rotatable bonds is 3. The van der Waals surface area contributed by atoms with Crippen LogP contribution in [0.1, 0.15) is 0 Å². The van der Waals surface area contributed by atoms with E-state index < -0.39 is 0 Å². The molecule has 0 aromatic carbocycles. The highest BCUT2D eigenvalue weighted by atomic mass is 16.5. The average molecular weight is 102 g/mol. The molecule has 7 heavy (non-hydrogen) atoms. The molecule has 0 rings (SSSR count). The first-order valence-electron chi connectivity index (χ1n) is 2.28. The first-order valence-corrected chi connectivity index (χ1v) is 2.28. The molecule has 0 radical (unpaired) electrons. The van der Waals surface area contributed by atoms with Crippen LogP contribution in [0, 0.1) is 7.05 Å². The lowest BCUT2D eigenvalue weighted by atomic mass is 10.6. The van der Waals surface area contributed by atoms with Crippen LogP contribution in [-0.2, 0) is 4.74 Å². The number of hydrogen-bond acceptors (Lipinski definition) is 2. The Balaban J connectivity index is 2.68. The van der Waals surface area contributed by atoms with Crippen LogP contribution in [0.2, 0.25) is 0 Å². The summed E-state index contributed by atoms with van der Waals surface area (Å²) in [5.74, 6) is 0. The summed E-state index contributed by atoms with van der Waals surface area (Å²) in [7, 11) is 7.23. The van der Waals surface area contributed by atoms with Crippen molar-refractivity contribution in [2.75, 3.05) is 27.3 Å². The maximum Gasteiger partial charge on any atom is 0.0565 e. The van der Waals surface area contributed by atoms with Gasteiger partial charge in [-0.15, -0.1) is 0 Å². The van der Waals surface area contributed by atoms with Crippen LogP contribution < -0.4 is 0 Å². The molecule has 0 saturated heterocycles. The summed E-state index contributed by atoms with van der Waals surface area (Å²) in [6.07, 6.45) is 0. The third-order valence-corrected chi connectivity index (χ3v) is 0.677. The van der Waals surface area contributed by atoms with E-state index in [1.165, 1.54) is 0 Å². The molecule has 0 atom stereocenters. The third-order valence-electron chi connectivity index (χ3n) is 0.677. The number of likely N-dealkylation sites (N-methyl/N-ethyl adjacent to an activating group) is 1. The summed E-state index contributed by atoms with van der Waals surface area (Å²) in [5.41, 5.74) is 0. The van der Waals surface area contributed by atoms with E-state index in [2.05, 4.69) is 7.05 Å². The van der Waals surface area contributed by atoms with Crippen LogP contribution in [0.4, 0.5) is 0 Å². The number of methoxy groups -OCH3 is 1. The van der Waals surface area contributed by atoms with Gasteiger partial charge in [-0.25, -0.2) is 0 Å². The highest BCUT2D eigenvalue weighted by molar-refractivity contribution is 4.42. The zero-order valence-corrected chi connectivity index (χ0v) is 4.98. The lowest BCUT2D eigenvalue weighted by Crippen LogP contribution is -2.14. The number of ether oxygens (including phenoxy) is 1. The molecular weight excluding hydrogens is 90.1 g/mol. The first-order chi connectivity index (χ1) is 3.27. The Labute approximate surface area is 45.1 Å². The Morgan fingerprint density at radius 2 is 2.29 bits per heavy atom. The Bertz CT molecular complexity index is 37.1. The molecule has 0 unspecified atom stereocenters. The molecular formula is C5H12NO-. The van der Waals surface area contributed by atoms with Gasteiger partial charge in [0, 0.05) is 7.11 Å². The van der Waals surface area contributed by atoms with Crippen LogP contribution in [-0.4, -0.2) is 32.2 Å². The molecule has 0 saturated carbocycles. The van der Waals surface area contributed by atoms with Crippen molar-refractivity contribution in [3.05, 3.63) is 7.05 Å². The van der Waals surface area contributed by atoms with Crippen molar-refractivity contribution in [3.8, 4) is 0 Å². The van der Waals surface area contributed by atoms with E-state index in [0.29, 0.717) is 0 Å². The highest BCUT2D eigenvalue weighted by Gasteiger charge is 1.77. The van der Waals surface area contributed by atoms with E-state index in [4.69, 9.17) is 4.74 Å². The molecule has 0 heterocycles. The second-order valence-electron chi connectivity index (χ2n) is 1.57. The molecule has 0 bridgehead atoms. The van der Waals surface area contributed by atoms with Crippen LogP contribution >= 0.6 is 0 Å². The van der Waals surface area contributed by atoms with Crippen LogP contribution in [0.3, 0.4) is 0 Å². The van der Waals surface area contributed by atoms with Gasteiger partial charge in [-0.2, -0.15) is 0 Å². The smallest absolute Gasteiger partial charge is 0.0565 e. The minimum Gasteiger partial charge on any atom is -0.460 e. The minimum atomic E-state index is 0.764. The summed E-state index contributed by atoms with van der Waals surface area (Å²) < 4.78 is 4.77. The van der Waals surface area contributed by atoms with Gasteiger partial charge in [-0.05, 0) is 13.6 Å². The van der Waals surface area contributed by atoms with E-state index >= 15 is 0 Å². The quantitative estimate of drug-likeness (QED) is 0.477. The second kappa shape index (κ2) is 4.09. The summed E-state index contributed by atoms with van der Waals surface area (Å²) in [5, 5.41) is 0. The predicted octanol–water partition coefficient (Wildman–Crippen LogP) is 0.356. The van der Waals surface area contributed by atoms with Gasteiger partial charge in [0.05, 0.1) is 6.61 Å². The molecule has 2 nitrogen and oxygen atoms in total. The van der Waals surface area contributed by atoms with Crippen molar-refractivity contribution < 1.29 is 4.74 Å². The maximum absolute atomic E-state index is 4.77. The van der Waals surface area contributed by atoms with Crippen LogP contribution in [0.5, 0.6) is 0 Å². The van der Waals surface area contributed by atoms with Crippen molar-refractivity contribution in [2.24, 2.45) is 0 Å². The van der Waals surface area contributed by atoms with Gasteiger partial charge in [-0.3, -0.25) is 7.05 Å². The van der Waals surface area contributed by atoms with Gasteiger partial charge >= 0.3 is 0 Å². The Morgan fingerprint density at radius 3 is 2.43 bits per heavy atom. The largest absolute Gasteiger partial charge is 0.460 e. The summed E-state index contributed by atoms with van der Waals surface area (Å²) >= 11 is 0. The van der Waals surface area contributed by atoms with Gasteiger partial charge in [0.1, 0.15) is 0 Å². The Morgan fingerprint density at radius 1 is 1.71 bits per heavy atom. The molecule has 2 heteroatoms. The Kier molecular flexibility index (Phi) is 4.04. The SMILES string of the molecule is [CH2-]N(C)CCOC. The fourth-order valence-electron chi connectivity index (χ4n) is 0.247. The predicted molar refractivity (Wildman–Crippen MR) is 29.9 cm³/mol. The maximum atomic E-state index is 4.77. The fraction of sp³-hybridized carbons (Fsp3) is 0.800. The number of nitrogens with zero attached hydrogens (tertiary/aromatic N) is 1. The molecule has 0 aliphatic rings. The lowest BCUT2D eigenvalue weighted by molar-refractivity contribution is 0.177. The van der Waals surface area contributed by atoms with Gasteiger partial charge < -0.3 is 9.64 Å². The van der Waals surface area contributed by atoms with Crippen molar-refractivity contribution in [1.29, 1.82) is 0 Å². The molecule has 0 aromatic rings. The standard InChI is InChI=1S/C5H12NO/c1-6(2)4-5-7-3/h1,4-5H2,2-3H3/q-1. The van der Waals surface area contributed by atoms with Crippen molar-refractivity contribution in [2.45, 2.75) is 0 Å². The van der Waals surface area contributed by atoms with Gasteiger partial charge in [0.15, 0.2) is 0 Å². The van der Waals surface area contributed by atoms with Crippen LogP contribution in [0.15, 0.2) is 0 Å². The highest BCUT2D eigenvalue weighted by Crippen LogP contribution is 1.74. The molecule has 0 amide bonds. The monoisotopic (exact) mass is 102 g/mol. The van der Waals surface area contributed by atoms with E-state index in [1.807, 2.05) is 11.9 Å². The zero-order chi connectivity index (χ0) is 5.70. The van der Waals surface area contributed by atoms with E-state index in [9.17, 15) is 0 Å². The Hall–Kier alpha value is -0.0800. The second-order valence-corrected chi connectivity index (χ2v) is 1.57. The summed E-state index contributed by atoms with van der Waals surface area (Å²) in [6.45, 7) is 1.66. The normalized spacial score (nSPS) is 10.3. The summed E-state index contributed by atoms with van der Waals surface area (Å²) in [4.78, 5) is 1.84. The van der Waals surface area contributed by atoms with E-state index in [0.717, 1.165) is 13.2 Å². The summed E-state index contributed by atoms with van der Waals surface area (Å²) in [6, 6.07) is 0. The van der Waals surface area contributed by atoms with E-state index in [1.54, 1.807) is 7.11 Å². The first kappa shape index (κ1) is 6.92. The van der Waals surface area contributed by atoms with Crippen molar-refractivity contribution >= 4 is 0 Å². The van der Waals surface area contributed by atoms with Gasteiger partial charge in [-0.1, -0.05) is 0 Å². The topological polar surface area (TPSA) is 12.5 Å². The zero-order valence-electron chi connectivity index (χ0n) is 4.98. The molecule has 0 fully saturated rings. The molecule has 0 aliphatic heterocycles. The molecule has 0 N–H and O–H groups in total. The molecule has 0 aliphatic carbocycles. The number of hydrogen-bond donors (Lipinski definition) is 0. The van der Waals surface area contributed by atoms with E-state index in [-0.39, 0.29) is 0 Å². The minimum absolute atomic E-state index is 0.764.